The monoisotopic (exact) mass is 216 g/mol. The first-order valence-electron chi connectivity index (χ1n) is 4.35. The Morgan fingerprint density at radius 3 is 2.64 bits per heavy atom. The number of likely N-dealkylation sites (N-methyl/N-ethyl adjacent to an activating group) is 1. The van der Waals surface area contributed by atoms with Crippen LogP contribution in [0.3, 0.4) is 0 Å². The van der Waals surface area contributed by atoms with E-state index in [0.717, 1.165) is 30.0 Å². The van der Waals surface area contributed by atoms with Gasteiger partial charge in [-0.1, -0.05) is 6.07 Å². The van der Waals surface area contributed by atoms with Gasteiger partial charge in [-0.2, -0.15) is 0 Å². The summed E-state index contributed by atoms with van der Waals surface area (Å²) in [6.07, 6.45) is 0.951. The lowest BCUT2D eigenvalue weighted by molar-refractivity contribution is 0.415. The first-order chi connectivity index (χ1) is 6.27. The van der Waals surface area contributed by atoms with Crippen molar-refractivity contribution in [2.24, 2.45) is 0 Å². The molecule has 0 heterocycles. The normalized spacial score (nSPS) is 9.29. The van der Waals surface area contributed by atoms with Crippen LogP contribution in [-0.4, -0.2) is 20.7 Å². The molecule has 0 saturated heterocycles. The van der Waals surface area contributed by atoms with Gasteiger partial charge in [0.15, 0.2) is 0 Å². The van der Waals surface area contributed by atoms with Crippen molar-refractivity contribution in [3.8, 4) is 5.75 Å². The minimum absolute atomic E-state index is 0. The predicted octanol–water partition coefficient (Wildman–Crippen LogP) is 1.46. The maximum absolute atomic E-state index is 5.83. The second-order valence-electron chi connectivity index (χ2n) is 2.92. The Balaban J connectivity index is 0.00000169. The number of ether oxygens (including phenoxy) is 1. The number of rotatable bonds is 4. The van der Waals surface area contributed by atoms with Gasteiger partial charge in [-0.25, -0.2) is 0 Å². The fourth-order valence-corrected chi connectivity index (χ4v) is 1.19. The van der Waals surface area contributed by atoms with Crippen LogP contribution in [-0.2, 0) is 6.42 Å². The van der Waals surface area contributed by atoms with E-state index in [2.05, 4.69) is 5.32 Å². The first-order valence-corrected chi connectivity index (χ1v) is 4.35. The third-order valence-electron chi connectivity index (χ3n) is 2.00. The van der Waals surface area contributed by atoms with E-state index in [1.807, 2.05) is 25.2 Å². The summed E-state index contributed by atoms with van der Waals surface area (Å²) in [7, 11) is 3.57. The van der Waals surface area contributed by atoms with Crippen molar-refractivity contribution < 1.29 is 4.74 Å². The van der Waals surface area contributed by atoms with Gasteiger partial charge in [-0.15, -0.1) is 12.4 Å². The number of benzene rings is 1. The zero-order valence-corrected chi connectivity index (χ0v) is 9.36. The summed E-state index contributed by atoms with van der Waals surface area (Å²) in [5.74, 6) is 0.811. The standard InChI is InChI=1S/C10H16N2O.ClH/c1-12-6-5-8-3-4-9(13-2)7-10(8)11;/h3-4,7,12H,5-6,11H2,1-2H3;1H. The Morgan fingerprint density at radius 2 is 2.14 bits per heavy atom. The molecule has 0 aromatic heterocycles. The molecule has 0 atom stereocenters. The Kier molecular flexibility index (Phi) is 6.08. The fourth-order valence-electron chi connectivity index (χ4n) is 1.19. The molecular formula is C10H17ClN2O. The minimum atomic E-state index is 0. The third kappa shape index (κ3) is 3.44. The van der Waals surface area contributed by atoms with E-state index in [-0.39, 0.29) is 12.4 Å². The summed E-state index contributed by atoms with van der Waals surface area (Å²) in [5.41, 5.74) is 7.79. The summed E-state index contributed by atoms with van der Waals surface area (Å²) < 4.78 is 5.06. The van der Waals surface area contributed by atoms with Crippen LogP contribution < -0.4 is 15.8 Å². The van der Waals surface area contributed by atoms with E-state index in [0.29, 0.717) is 0 Å². The predicted molar refractivity (Wildman–Crippen MR) is 62.3 cm³/mol. The van der Waals surface area contributed by atoms with Gasteiger partial charge >= 0.3 is 0 Å². The summed E-state index contributed by atoms with van der Waals surface area (Å²) in [4.78, 5) is 0. The van der Waals surface area contributed by atoms with E-state index in [9.17, 15) is 0 Å². The van der Waals surface area contributed by atoms with E-state index in [4.69, 9.17) is 10.5 Å². The molecule has 1 aromatic carbocycles. The largest absolute Gasteiger partial charge is 0.497 e. The maximum Gasteiger partial charge on any atom is 0.120 e. The van der Waals surface area contributed by atoms with Crippen molar-refractivity contribution in [1.29, 1.82) is 0 Å². The molecule has 0 saturated carbocycles. The van der Waals surface area contributed by atoms with E-state index < -0.39 is 0 Å². The van der Waals surface area contributed by atoms with Crippen LogP contribution in [0, 0.1) is 0 Å². The summed E-state index contributed by atoms with van der Waals surface area (Å²) >= 11 is 0. The van der Waals surface area contributed by atoms with Crippen molar-refractivity contribution in [3.63, 3.8) is 0 Å². The highest BCUT2D eigenvalue weighted by Gasteiger charge is 1.99. The Bertz CT molecular complexity index is 279. The molecule has 3 nitrogen and oxygen atoms in total. The molecule has 4 heteroatoms. The van der Waals surface area contributed by atoms with Crippen LogP contribution in [0.4, 0.5) is 5.69 Å². The number of hydrogen-bond acceptors (Lipinski definition) is 3. The number of nitrogens with one attached hydrogen (secondary N) is 1. The Hall–Kier alpha value is -0.930. The highest BCUT2D eigenvalue weighted by Crippen LogP contribution is 2.19. The van der Waals surface area contributed by atoms with Crippen LogP contribution in [0.2, 0.25) is 0 Å². The molecule has 3 N–H and O–H groups in total. The zero-order chi connectivity index (χ0) is 9.68. The van der Waals surface area contributed by atoms with Gasteiger partial charge in [0, 0.05) is 11.8 Å². The molecule has 0 aliphatic carbocycles. The number of hydrogen-bond donors (Lipinski definition) is 2. The topological polar surface area (TPSA) is 47.3 Å². The molecule has 0 bridgehead atoms. The Labute approximate surface area is 91.0 Å². The molecule has 80 valence electrons. The van der Waals surface area contributed by atoms with Gasteiger partial charge in [0.1, 0.15) is 5.75 Å². The van der Waals surface area contributed by atoms with E-state index in [1.54, 1.807) is 7.11 Å². The number of anilines is 1. The van der Waals surface area contributed by atoms with E-state index >= 15 is 0 Å². The van der Waals surface area contributed by atoms with Gasteiger partial charge in [0.05, 0.1) is 7.11 Å². The van der Waals surface area contributed by atoms with Gasteiger partial charge in [0.2, 0.25) is 0 Å². The molecule has 0 fully saturated rings. The van der Waals surface area contributed by atoms with Crippen LogP contribution in [0.1, 0.15) is 5.56 Å². The Morgan fingerprint density at radius 1 is 1.43 bits per heavy atom. The smallest absolute Gasteiger partial charge is 0.120 e. The maximum atomic E-state index is 5.83. The highest BCUT2D eigenvalue weighted by molar-refractivity contribution is 5.85. The molecule has 14 heavy (non-hydrogen) atoms. The molecule has 0 amide bonds. The number of nitrogen functional groups attached to an aromatic ring is 1. The van der Waals surface area contributed by atoms with Crippen molar-refractivity contribution in [2.45, 2.75) is 6.42 Å². The molecule has 1 aromatic rings. The molecule has 0 spiro atoms. The number of nitrogens with two attached hydrogens (primary N) is 1. The number of halogens is 1. The molecular weight excluding hydrogens is 200 g/mol. The zero-order valence-electron chi connectivity index (χ0n) is 8.54. The van der Waals surface area contributed by atoms with Crippen molar-refractivity contribution in [1.82, 2.24) is 5.32 Å². The average molecular weight is 217 g/mol. The average Bonchev–Trinajstić information content (AvgIpc) is 2.16. The number of methoxy groups -OCH3 is 1. The van der Waals surface area contributed by atoms with Gasteiger partial charge in [0.25, 0.3) is 0 Å². The molecule has 0 radical (unpaired) electrons. The lowest BCUT2D eigenvalue weighted by atomic mass is 10.1. The van der Waals surface area contributed by atoms with Gasteiger partial charge in [-0.3, -0.25) is 0 Å². The van der Waals surface area contributed by atoms with Crippen molar-refractivity contribution >= 4 is 18.1 Å². The summed E-state index contributed by atoms with van der Waals surface area (Å²) in [6.45, 7) is 0.941. The lowest BCUT2D eigenvalue weighted by Crippen LogP contribution is -2.11. The first kappa shape index (κ1) is 13.1. The molecule has 0 unspecified atom stereocenters. The second kappa shape index (κ2) is 6.51. The highest BCUT2D eigenvalue weighted by atomic mass is 35.5. The van der Waals surface area contributed by atoms with Gasteiger partial charge < -0.3 is 15.8 Å². The quantitative estimate of drug-likeness (QED) is 0.750. The minimum Gasteiger partial charge on any atom is -0.497 e. The molecule has 1 rings (SSSR count). The lowest BCUT2D eigenvalue weighted by Gasteiger charge is -2.07. The second-order valence-corrected chi connectivity index (χ2v) is 2.92. The fraction of sp³-hybridized carbons (Fsp3) is 0.400. The summed E-state index contributed by atoms with van der Waals surface area (Å²) in [5, 5.41) is 3.09. The van der Waals surface area contributed by atoms with Crippen LogP contribution >= 0.6 is 12.4 Å². The van der Waals surface area contributed by atoms with Gasteiger partial charge in [-0.05, 0) is 31.6 Å². The molecule has 0 aliphatic rings. The van der Waals surface area contributed by atoms with Crippen LogP contribution in [0.5, 0.6) is 5.75 Å². The van der Waals surface area contributed by atoms with Crippen LogP contribution in [0.25, 0.3) is 0 Å². The van der Waals surface area contributed by atoms with E-state index in [1.165, 1.54) is 0 Å². The molecule has 0 aliphatic heterocycles. The van der Waals surface area contributed by atoms with Crippen molar-refractivity contribution in [2.75, 3.05) is 26.4 Å². The summed E-state index contributed by atoms with van der Waals surface area (Å²) in [6, 6.07) is 5.79. The van der Waals surface area contributed by atoms with Crippen LogP contribution in [0.15, 0.2) is 18.2 Å². The van der Waals surface area contributed by atoms with Crippen molar-refractivity contribution in [3.05, 3.63) is 23.8 Å². The third-order valence-corrected chi connectivity index (χ3v) is 2.00. The SMILES string of the molecule is CNCCc1ccc(OC)cc1N.Cl.